The van der Waals surface area contributed by atoms with Crippen LogP contribution in [0, 0.1) is 0 Å². The van der Waals surface area contributed by atoms with Gasteiger partial charge in [0.25, 0.3) is 10.1 Å². The second-order valence-electron chi connectivity index (χ2n) is 15.4. The Bertz CT molecular complexity index is 1390. The first kappa shape index (κ1) is 55.1. The van der Waals surface area contributed by atoms with E-state index in [0.717, 1.165) is 89.9 Å². The monoisotopic (exact) mass is 867 g/mol. The van der Waals surface area contributed by atoms with Crippen molar-refractivity contribution in [1.82, 2.24) is 0 Å². The molecule has 0 aliphatic carbocycles. The van der Waals surface area contributed by atoms with E-state index < -0.39 is 71.2 Å². The van der Waals surface area contributed by atoms with Crippen LogP contribution in [-0.2, 0) is 38.7 Å². The van der Waals surface area contributed by atoms with Crippen LogP contribution in [0.4, 0.5) is 0 Å². The average molecular weight is 867 g/mol. The molecule has 0 saturated carbocycles. The van der Waals surface area contributed by atoms with Gasteiger partial charge in [0.2, 0.25) is 0 Å². The fraction of sp³-hybridized carbons (Fsp3) is 0.702. The zero-order valence-corrected chi connectivity index (χ0v) is 37.3. The molecular weight excluding hydrogens is 789 g/mol. The van der Waals surface area contributed by atoms with Crippen molar-refractivity contribution in [2.24, 2.45) is 0 Å². The Balaban J connectivity index is 2.48. The Morgan fingerprint density at radius 3 is 1.70 bits per heavy atom. The first-order valence-corrected chi connectivity index (χ1v) is 24.2. The van der Waals surface area contributed by atoms with Gasteiger partial charge in [0.1, 0.15) is 36.8 Å². The first-order valence-electron chi connectivity index (χ1n) is 22.5. The van der Waals surface area contributed by atoms with Crippen LogP contribution in [0.2, 0.25) is 0 Å². The highest BCUT2D eigenvalue weighted by molar-refractivity contribution is 7.85. The average Bonchev–Trinajstić information content (AvgIpc) is 3.21. The van der Waals surface area contributed by atoms with Crippen LogP contribution in [0.25, 0.3) is 0 Å². The molecule has 0 bridgehead atoms. The Labute approximate surface area is 361 Å². The predicted octanol–water partition coefficient (Wildman–Crippen LogP) is 9.11. The summed E-state index contributed by atoms with van der Waals surface area (Å²) in [7, 11) is -4.61. The van der Waals surface area contributed by atoms with E-state index in [1.54, 1.807) is 0 Å². The van der Waals surface area contributed by atoms with Gasteiger partial charge in [-0.15, -0.1) is 0 Å². The molecule has 344 valence electrons. The number of rotatable bonds is 36. The molecule has 0 amide bonds. The molecule has 1 saturated heterocycles. The maximum absolute atomic E-state index is 12.8. The van der Waals surface area contributed by atoms with Crippen molar-refractivity contribution in [2.75, 3.05) is 19.0 Å². The minimum Gasteiger partial charge on any atom is -0.462 e. The Kier molecular flexibility index (Phi) is 33.7. The van der Waals surface area contributed by atoms with Gasteiger partial charge < -0.3 is 34.3 Å². The van der Waals surface area contributed by atoms with Crippen LogP contribution >= 0.6 is 0 Å². The SMILES string of the molecule is CC/C=C/C=C/C=C/C=C/CCCCCCCC(=O)OC[C@H](CO[C@H]1O[C@H](CS(=O)(=O)O)[C@@H](O)C(O)C1O)OC(=O)CCCCCCCCC/C=C/C/C=C/CCCCC. The third kappa shape index (κ3) is 31.0. The number of carbonyl (C=O) groups excluding carboxylic acids is 2. The normalized spacial score (nSPS) is 20.8. The van der Waals surface area contributed by atoms with Gasteiger partial charge in [-0.3, -0.25) is 14.1 Å². The highest BCUT2D eigenvalue weighted by Crippen LogP contribution is 2.24. The molecule has 0 aromatic heterocycles. The second-order valence-corrected chi connectivity index (χ2v) is 16.9. The lowest BCUT2D eigenvalue weighted by Crippen LogP contribution is -2.60. The highest BCUT2D eigenvalue weighted by Gasteiger charge is 2.46. The van der Waals surface area contributed by atoms with Crippen LogP contribution in [0.1, 0.15) is 155 Å². The molecule has 13 heteroatoms. The molecule has 1 heterocycles. The summed E-state index contributed by atoms with van der Waals surface area (Å²) in [4.78, 5) is 25.4. The number of ether oxygens (including phenoxy) is 4. The minimum atomic E-state index is -4.61. The molecule has 0 radical (unpaired) electrons. The number of aliphatic hydroxyl groups is 3. The molecule has 0 spiro atoms. The molecule has 1 aliphatic rings. The zero-order valence-electron chi connectivity index (χ0n) is 36.5. The fourth-order valence-electron chi connectivity index (χ4n) is 6.36. The van der Waals surface area contributed by atoms with Gasteiger partial charge in [-0.25, -0.2) is 0 Å². The van der Waals surface area contributed by atoms with Crippen molar-refractivity contribution in [3.8, 4) is 0 Å². The van der Waals surface area contributed by atoms with Gasteiger partial charge >= 0.3 is 11.9 Å². The summed E-state index contributed by atoms with van der Waals surface area (Å²) in [6.07, 6.45) is 36.5. The number of aliphatic hydroxyl groups excluding tert-OH is 3. The van der Waals surface area contributed by atoms with E-state index in [1.807, 2.05) is 36.5 Å². The van der Waals surface area contributed by atoms with E-state index in [9.17, 15) is 37.9 Å². The van der Waals surface area contributed by atoms with Crippen molar-refractivity contribution >= 4 is 22.1 Å². The number of esters is 2. The summed E-state index contributed by atoms with van der Waals surface area (Å²) in [5.41, 5.74) is 0. The van der Waals surface area contributed by atoms with Crippen LogP contribution < -0.4 is 0 Å². The molecule has 4 N–H and O–H groups in total. The smallest absolute Gasteiger partial charge is 0.306 e. The molecule has 1 aliphatic heterocycles. The summed E-state index contributed by atoms with van der Waals surface area (Å²) < 4.78 is 54.0. The van der Waals surface area contributed by atoms with Crippen molar-refractivity contribution in [3.63, 3.8) is 0 Å². The van der Waals surface area contributed by atoms with Gasteiger partial charge in [-0.2, -0.15) is 8.42 Å². The molecule has 6 atom stereocenters. The minimum absolute atomic E-state index is 0.146. The number of allylic oxidation sites excluding steroid dienone is 12. The first-order chi connectivity index (χ1) is 29.0. The van der Waals surface area contributed by atoms with E-state index in [0.29, 0.717) is 12.8 Å². The number of unbranched alkanes of at least 4 members (excludes halogenated alkanes) is 15. The quantitative estimate of drug-likeness (QED) is 0.0154. The number of hydrogen-bond acceptors (Lipinski definition) is 11. The standard InChI is InChI=1S/C47H78O12S/c1-3-5-7-9-11-13-15-17-19-20-22-24-26-28-30-32-34-36-43(49)58-40(38-57-47-46(52)45(51)44(50)41(59-47)39-60(53,54)55)37-56-42(48)35-33-31-29-27-25-23-21-18-16-14-12-10-8-6-4-2/h6,8,10-14,16-19,21,40-41,44-47,50-52H,3-5,7,9,15,20,22-39H2,1-2H3,(H,53,54,55)/b8-6+,12-10+,13-11+,16-14+,19-17+,21-18+/t40-,41-,44-,45?,46?,47+/m1/s1. The topological polar surface area (TPSA) is 186 Å². The lowest BCUT2D eigenvalue weighted by molar-refractivity contribution is -0.297. The summed E-state index contributed by atoms with van der Waals surface area (Å²) in [5.74, 6) is -2.03. The van der Waals surface area contributed by atoms with E-state index in [-0.39, 0.29) is 19.4 Å². The molecule has 12 nitrogen and oxygen atoms in total. The molecule has 0 aromatic rings. The lowest BCUT2D eigenvalue weighted by atomic mass is 10.00. The van der Waals surface area contributed by atoms with Crippen LogP contribution in [0.15, 0.2) is 72.9 Å². The van der Waals surface area contributed by atoms with Crippen LogP contribution in [-0.4, -0.2) is 96.0 Å². The van der Waals surface area contributed by atoms with Crippen LogP contribution in [0.3, 0.4) is 0 Å². The van der Waals surface area contributed by atoms with Crippen molar-refractivity contribution < 1.29 is 56.8 Å². The summed E-state index contributed by atoms with van der Waals surface area (Å²) >= 11 is 0. The molecule has 0 aromatic carbocycles. The van der Waals surface area contributed by atoms with E-state index >= 15 is 0 Å². The van der Waals surface area contributed by atoms with Gasteiger partial charge in [0.05, 0.1) is 6.61 Å². The van der Waals surface area contributed by atoms with Crippen molar-refractivity contribution in [2.45, 2.75) is 192 Å². The Morgan fingerprint density at radius 1 is 0.600 bits per heavy atom. The van der Waals surface area contributed by atoms with E-state index in [4.69, 9.17) is 18.9 Å². The maximum atomic E-state index is 12.8. The highest BCUT2D eigenvalue weighted by atomic mass is 32.2. The van der Waals surface area contributed by atoms with E-state index in [1.165, 1.54) is 25.7 Å². The number of hydrogen-bond donors (Lipinski definition) is 4. The molecule has 2 unspecified atom stereocenters. The number of carbonyl (C=O) groups is 2. The lowest BCUT2D eigenvalue weighted by Gasteiger charge is -2.40. The Morgan fingerprint density at radius 2 is 1.12 bits per heavy atom. The molecular formula is C47H78O12S. The van der Waals surface area contributed by atoms with Gasteiger partial charge in [0.15, 0.2) is 12.4 Å². The summed E-state index contributed by atoms with van der Waals surface area (Å²) in [6.45, 7) is 3.56. The molecule has 60 heavy (non-hydrogen) atoms. The summed E-state index contributed by atoms with van der Waals surface area (Å²) in [6, 6.07) is 0. The molecule has 1 rings (SSSR count). The van der Waals surface area contributed by atoms with Gasteiger partial charge in [-0.05, 0) is 64.2 Å². The van der Waals surface area contributed by atoms with E-state index in [2.05, 4.69) is 50.3 Å². The molecule has 1 fully saturated rings. The third-order valence-corrected chi connectivity index (χ3v) is 10.6. The van der Waals surface area contributed by atoms with Crippen molar-refractivity contribution in [3.05, 3.63) is 72.9 Å². The maximum Gasteiger partial charge on any atom is 0.306 e. The van der Waals surface area contributed by atoms with Gasteiger partial charge in [0, 0.05) is 12.8 Å². The zero-order chi connectivity index (χ0) is 44.1. The largest absolute Gasteiger partial charge is 0.462 e. The third-order valence-electron chi connectivity index (χ3n) is 9.86. The van der Waals surface area contributed by atoms with Crippen LogP contribution in [0.5, 0.6) is 0 Å². The second kappa shape index (κ2) is 36.7. The fourth-order valence-corrected chi connectivity index (χ4v) is 7.05. The predicted molar refractivity (Wildman–Crippen MR) is 238 cm³/mol. The van der Waals surface area contributed by atoms with Crippen molar-refractivity contribution in [1.29, 1.82) is 0 Å². The Hall–Kier alpha value is -2.91. The summed E-state index contributed by atoms with van der Waals surface area (Å²) in [5, 5.41) is 30.9. The van der Waals surface area contributed by atoms with Gasteiger partial charge in [-0.1, -0.05) is 151 Å².